The standard InChI is InChI=1S/C21H16ClF5N4O3/c22-14-2-1-11(23)6-13(14)17-18-19(28-15(8-32)31(18)7-16(33)29-17)30-20(34)9-3-10(21(25,26)27)5-12(24)4-9/h1-6,16-17,29,32-33H,7-8H2,(H,30,34). The molecule has 0 aliphatic carbocycles. The number of nitrogens with zero attached hydrogens (tertiary/aromatic N) is 2. The van der Waals surface area contributed by atoms with Crippen molar-refractivity contribution in [2.45, 2.75) is 31.6 Å². The first-order valence-corrected chi connectivity index (χ1v) is 10.1. The van der Waals surface area contributed by atoms with Crippen molar-refractivity contribution in [1.29, 1.82) is 0 Å². The van der Waals surface area contributed by atoms with E-state index in [-0.39, 0.29) is 40.5 Å². The van der Waals surface area contributed by atoms with Gasteiger partial charge in [-0.1, -0.05) is 11.6 Å². The van der Waals surface area contributed by atoms with E-state index in [0.29, 0.717) is 12.1 Å². The van der Waals surface area contributed by atoms with Crippen LogP contribution in [0.1, 0.15) is 39.0 Å². The molecule has 13 heteroatoms. The van der Waals surface area contributed by atoms with E-state index >= 15 is 0 Å². The summed E-state index contributed by atoms with van der Waals surface area (Å²) in [5.41, 5.74) is -1.65. The van der Waals surface area contributed by atoms with E-state index in [2.05, 4.69) is 15.6 Å². The normalized spacial score (nSPS) is 18.0. The van der Waals surface area contributed by atoms with Gasteiger partial charge >= 0.3 is 6.18 Å². The third-order valence-corrected chi connectivity index (χ3v) is 5.55. The number of rotatable bonds is 4. The fourth-order valence-corrected chi connectivity index (χ4v) is 3.98. The number of carbonyl (C=O) groups excluding carboxylic acids is 1. The smallest absolute Gasteiger partial charge is 0.388 e. The molecule has 0 spiro atoms. The van der Waals surface area contributed by atoms with E-state index in [9.17, 15) is 37.0 Å². The zero-order valence-corrected chi connectivity index (χ0v) is 17.8. The number of alkyl halides is 3. The molecule has 0 bridgehead atoms. The molecule has 1 aliphatic rings. The maximum atomic E-state index is 13.9. The molecule has 2 unspecified atom stereocenters. The Morgan fingerprint density at radius 1 is 1.21 bits per heavy atom. The highest BCUT2D eigenvalue weighted by atomic mass is 35.5. The number of halogens is 6. The summed E-state index contributed by atoms with van der Waals surface area (Å²) in [6.45, 7) is -0.729. The fraction of sp³-hybridized carbons (Fsp3) is 0.238. The summed E-state index contributed by atoms with van der Waals surface area (Å²) in [6.07, 6.45) is -6.05. The number of carbonyl (C=O) groups is 1. The number of aliphatic hydroxyl groups is 2. The number of benzene rings is 2. The molecule has 34 heavy (non-hydrogen) atoms. The average molecular weight is 503 g/mol. The predicted molar refractivity (Wildman–Crippen MR) is 110 cm³/mol. The molecule has 0 radical (unpaired) electrons. The molecule has 4 N–H and O–H groups in total. The first-order valence-electron chi connectivity index (χ1n) is 9.76. The average Bonchev–Trinajstić information content (AvgIpc) is 3.11. The minimum absolute atomic E-state index is 0.0126. The van der Waals surface area contributed by atoms with Crippen molar-refractivity contribution in [3.63, 3.8) is 0 Å². The minimum atomic E-state index is -4.88. The molecule has 180 valence electrons. The Morgan fingerprint density at radius 2 is 1.94 bits per heavy atom. The second-order valence-electron chi connectivity index (χ2n) is 7.49. The highest BCUT2D eigenvalue weighted by Gasteiger charge is 2.35. The zero-order chi connectivity index (χ0) is 24.8. The van der Waals surface area contributed by atoms with Gasteiger partial charge in [-0.25, -0.2) is 13.8 Å². The van der Waals surface area contributed by atoms with Crippen molar-refractivity contribution >= 4 is 23.3 Å². The fourth-order valence-electron chi connectivity index (χ4n) is 3.76. The van der Waals surface area contributed by atoms with E-state index in [1.54, 1.807) is 0 Å². The molecule has 0 fully saturated rings. The second kappa shape index (κ2) is 8.95. The molecule has 7 nitrogen and oxygen atoms in total. The quantitative estimate of drug-likeness (QED) is 0.409. The third kappa shape index (κ3) is 4.62. The summed E-state index contributed by atoms with van der Waals surface area (Å²) in [5, 5.41) is 25.2. The van der Waals surface area contributed by atoms with Gasteiger partial charge in [0.15, 0.2) is 5.82 Å². The van der Waals surface area contributed by atoms with Crippen LogP contribution in [0.4, 0.5) is 27.8 Å². The Bertz CT molecular complexity index is 1260. The van der Waals surface area contributed by atoms with E-state index in [1.165, 1.54) is 10.6 Å². The molecule has 2 aromatic carbocycles. The number of aromatic nitrogens is 2. The SMILES string of the molecule is O=C(Nc1nc(CO)n2c1C(c1cc(F)ccc1Cl)NC(O)C2)c1cc(F)cc(C(F)(F)F)c1. The lowest BCUT2D eigenvalue weighted by Crippen LogP contribution is -2.43. The summed E-state index contributed by atoms with van der Waals surface area (Å²) >= 11 is 6.21. The number of nitrogens with one attached hydrogen (secondary N) is 2. The van der Waals surface area contributed by atoms with Gasteiger partial charge < -0.3 is 20.1 Å². The predicted octanol–water partition coefficient (Wildman–Crippen LogP) is 3.59. The van der Waals surface area contributed by atoms with Crippen LogP contribution in [0.25, 0.3) is 0 Å². The Labute approximate surface area is 193 Å². The van der Waals surface area contributed by atoms with Crippen LogP contribution in [0.2, 0.25) is 5.02 Å². The lowest BCUT2D eigenvalue weighted by Gasteiger charge is -2.31. The summed E-state index contributed by atoms with van der Waals surface area (Å²) in [4.78, 5) is 16.9. The number of aliphatic hydroxyl groups excluding tert-OH is 2. The molecule has 1 aliphatic heterocycles. The van der Waals surface area contributed by atoms with Gasteiger partial charge in [-0.2, -0.15) is 13.2 Å². The number of anilines is 1. The maximum absolute atomic E-state index is 13.9. The van der Waals surface area contributed by atoms with Gasteiger partial charge in [0.05, 0.1) is 23.8 Å². The molecule has 2 atom stereocenters. The van der Waals surface area contributed by atoms with Crippen LogP contribution in [0.15, 0.2) is 36.4 Å². The second-order valence-corrected chi connectivity index (χ2v) is 7.90. The largest absolute Gasteiger partial charge is 0.416 e. The van der Waals surface area contributed by atoms with Gasteiger partial charge in [-0.3, -0.25) is 10.1 Å². The molecular formula is C21H16ClF5N4O3. The Hall–Kier alpha value is -3.06. The summed E-state index contributed by atoms with van der Waals surface area (Å²) in [6, 6.07) is 3.85. The molecular weight excluding hydrogens is 487 g/mol. The van der Waals surface area contributed by atoms with Crippen LogP contribution < -0.4 is 10.6 Å². The van der Waals surface area contributed by atoms with Crippen molar-refractivity contribution in [2.24, 2.45) is 0 Å². The number of amides is 1. The van der Waals surface area contributed by atoms with Crippen molar-refractivity contribution < 1.29 is 37.0 Å². The van der Waals surface area contributed by atoms with Crippen LogP contribution >= 0.6 is 11.6 Å². The topological polar surface area (TPSA) is 99.4 Å². The maximum Gasteiger partial charge on any atom is 0.416 e. The molecule has 1 aromatic heterocycles. The molecule has 0 saturated carbocycles. The van der Waals surface area contributed by atoms with Gasteiger partial charge in [0.1, 0.15) is 30.3 Å². The lowest BCUT2D eigenvalue weighted by atomic mass is 10.0. The molecule has 4 rings (SSSR count). The monoisotopic (exact) mass is 502 g/mol. The van der Waals surface area contributed by atoms with Crippen LogP contribution in [0, 0.1) is 11.6 Å². The first kappa shape index (κ1) is 24.1. The van der Waals surface area contributed by atoms with Gasteiger partial charge in [-0.05, 0) is 42.0 Å². The zero-order valence-electron chi connectivity index (χ0n) is 17.0. The van der Waals surface area contributed by atoms with Crippen molar-refractivity contribution in [1.82, 2.24) is 14.9 Å². The van der Waals surface area contributed by atoms with Gasteiger partial charge in [0.25, 0.3) is 5.91 Å². The minimum Gasteiger partial charge on any atom is -0.388 e. The number of fused-ring (bicyclic) bond motifs is 1. The van der Waals surface area contributed by atoms with Gasteiger partial charge in [0.2, 0.25) is 0 Å². The highest BCUT2D eigenvalue weighted by Crippen LogP contribution is 2.37. The first-order chi connectivity index (χ1) is 16.0. The Balaban J connectivity index is 1.78. The van der Waals surface area contributed by atoms with Crippen molar-refractivity contribution in [3.8, 4) is 0 Å². The molecule has 2 heterocycles. The van der Waals surface area contributed by atoms with Crippen LogP contribution in [0.3, 0.4) is 0 Å². The van der Waals surface area contributed by atoms with Gasteiger partial charge in [-0.15, -0.1) is 0 Å². The molecule has 1 amide bonds. The van der Waals surface area contributed by atoms with Crippen LogP contribution in [-0.4, -0.2) is 31.9 Å². The summed E-state index contributed by atoms with van der Waals surface area (Å²) < 4.78 is 68.2. The summed E-state index contributed by atoms with van der Waals surface area (Å²) in [5.74, 6) is -3.20. The third-order valence-electron chi connectivity index (χ3n) is 5.20. The number of hydrogen-bond donors (Lipinski definition) is 4. The number of hydrogen-bond acceptors (Lipinski definition) is 5. The Kier molecular flexibility index (Phi) is 6.34. The number of imidazole rings is 1. The van der Waals surface area contributed by atoms with E-state index in [4.69, 9.17) is 11.6 Å². The summed E-state index contributed by atoms with van der Waals surface area (Å²) in [7, 11) is 0. The van der Waals surface area contributed by atoms with Crippen molar-refractivity contribution in [3.05, 3.63) is 81.3 Å². The molecule has 0 saturated heterocycles. The highest BCUT2D eigenvalue weighted by molar-refractivity contribution is 6.31. The van der Waals surface area contributed by atoms with E-state index in [0.717, 1.165) is 12.1 Å². The van der Waals surface area contributed by atoms with E-state index < -0.39 is 53.7 Å². The van der Waals surface area contributed by atoms with Gasteiger partial charge in [0, 0.05) is 10.6 Å². The van der Waals surface area contributed by atoms with Crippen LogP contribution in [-0.2, 0) is 19.3 Å². The molecule has 3 aromatic rings. The van der Waals surface area contributed by atoms with E-state index in [1.807, 2.05) is 0 Å². The lowest BCUT2D eigenvalue weighted by molar-refractivity contribution is -0.137. The van der Waals surface area contributed by atoms with Crippen molar-refractivity contribution in [2.75, 3.05) is 5.32 Å². The van der Waals surface area contributed by atoms with Crippen LogP contribution in [0.5, 0.6) is 0 Å². The Morgan fingerprint density at radius 3 is 2.62 bits per heavy atom.